The third kappa shape index (κ3) is 1.84. The molecule has 0 atom stereocenters. The largest absolute Gasteiger partial charge is 0.398 e. The van der Waals surface area contributed by atoms with Crippen molar-refractivity contribution in [1.29, 1.82) is 0 Å². The van der Waals surface area contributed by atoms with Crippen LogP contribution in [0.2, 0.25) is 0 Å². The molecule has 2 aromatic rings. The van der Waals surface area contributed by atoms with E-state index in [1.165, 1.54) is 12.1 Å². The first-order valence-corrected chi connectivity index (χ1v) is 8.35. The number of anilines is 1. The molecule has 8 heteroatoms. The van der Waals surface area contributed by atoms with Crippen molar-refractivity contribution in [3.05, 3.63) is 36.4 Å². The monoisotopic (exact) mass is 286 g/mol. The summed E-state index contributed by atoms with van der Waals surface area (Å²) in [5.41, 5.74) is 6.06. The molecule has 4 N–H and O–H groups in total. The van der Waals surface area contributed by atoms with Crippen LogP contribution in [0.25, 0.3) is 10.8 Å². The molecule has 0 aliphatic rings. The Morgan fingerprint density at radius 1 is 0.833 bits per heavy atom. The lowest BCUT2D eigenvalue weighted by atomic mass is 10.1. The summed E-state index contributed by atoms with van der Waals surface area (Å²) in [5.74, 6) is 0. The maximum Gasteiger partial charge on any atom is 0.319 e. The quantitative estimate of drug-likeness (QED) is 0.611. The van der Waals surface area contributed by atoms with E-state index in [1.54, 1.807) is 18.2 Å². The van der Waals surface area contributed by atoms with Crippen LogP contribution in [0.1, 0.15) is 0 Å². The van der Waals surface area contributed by atoms with Crippen LogP contribution in [0.5, 0.6) is 0 Å². The number of nitrogen functional groups attached to an aromatic ring is 1. The minimum Gasteiger partial charge on any atom is -0.398 e. The maximum atomic E-state index is 11.8. The summed E-state index contributed by atoms with van der Waals surface area (Å²) in [6, 6.07) is 8.81. The molecular formula is C10H10N2O4S2. The van der Waals surface area contributed by atoms with Gasteiger partial charge in [-0.2, -0.15) is 8.42 Å². The van der Waals surface area contributed by atoms with Gasteiger partial charge < -0.3 is 5.73 Å². The third-order valence-electron chi connectivity index (χ3n) is 2.49. The van der Waals surface area contributed by atoms with Crippen LogP contribution in [0.4, 0.5) is 5.69 Å². The average molecular weight is 286 g/mol. The summed E-state index contributed by atoms with van der Waals surface area (Å²) in [7, 11) is -9.35. The number of benzene rings is 2. The van der Waals surface area contributed by atoms with E-state index in [-0.39, 0.29) is 10.3 Å². The Hall–Kier alpha value is -1.64. The van der Waals surface area contributed by atoms with E-state index >= 15 is 0 Å². The Balaban J connectivity index is 2.96. The van der Waals surface area contributed by atoms with Crippen LogP contribution in [0.15, 0.2) is 41.3 Å². The fourth-order valence-corrected chi connectivity index (χ4v) is 3.76. The molecular weight excluding hydrogens is 276 g/mol. The number of hydrogen-bond acceptors (Lipinski definition) is 5. The number of hydrogen-bond donors (Lipinski definition) is 2. The molecule has 96 valence electrons. The highest BCUT2D eigenvalue weighted by atomic mass is 33.2. The lowest BCUT2D eigenvalue weighted by Crippen LogP contribution is -2.24. The van der Waals surface area contributed by atoms with Crippen LogP contribution >= 0.6 is 0 Å². The second-order valence-electron chi connectivity index (χ2n) is 3.65. The van der Waals surface area contributed by atoms with E-state index in [1.807, 2.05) is 0 Å². The van der Waals surface area contributed by atoms with E-state index in [4.69, 9.17) is 10.9 Å². The molecule has 0 radical (unpaired) electrons. The molecule has 0 bridgehead atoms. The van der Waals surface area contributed by atoms with Crippen molar-refractivity contribution in [3.63, 3.8) is 0 Å². The second-order valence-corrected chi connectivity index (χ2v) is 8.69. The topological polar surface area (TPSA) is 120 Å². The van der Waals surface area contributed by atoms with Crippen LogP contribution in [-0.4, -0.2) is 16.8 Å². The van der Waals surface area contributed by atoms with Crippen molar-refractivity contribution < 1.29 is 16.8 Å². The smallest absolute Gasteiger partial charge is 0.319 e. The highest BCUT2D eigenvalue weighted by Gasteiger charge is 2.29. The summed E-state index contributed by atoms with van der Waals surface area (Å²) in [6.07, 6.45) is 0. The summed E-state index contributed by atoms with van der Waals surface area (Å²) < 4.78 is 45.9. The Kier molecular flexibility index (Phi) is 2.80. The van der Waals surface area contributed by atoms with Crippen molar-refractivity contribution in [2.75, 3.05) is 5.73 Å². The van der Waals surface area contributed by atoms with Crippen molar-refractivity contribution in [2.24, 2.45) is 5.14 Å². The van der Waals surface area contributed by atoms with Gasteiger partial charge >= 0.3 is 9.06 Å². The predicted octanol–water partition coefficient (Wildman–Crippen LogP) is 0.399. The van der Waals surface area contributed by atoms with Crippen molar-refractivity contribution in [1.82, 2.24) is 0 Å². The van der Waals surface area contributed by atoms with Gasteiger partial charge in [0.15, 0.2) is 0 Å². The van der Waals surface area contributed by atoms with Gasteiger partial charge in [0.2, 0.25) is 0 Å². The second kappa shape index (κ2) is 3.94. The van der Waals surface area contributed by atoms with Gasteiger partial charge in [-0.25, -0.2) is 13.6 Å². The molecule has 18 heavy (non-hydrogen) atoms. The van der Waals surface area contributed by atoms with Crippen LogP contribution in [0.3, 0.4) is 0 Å². The van der Waals surface area contributed by atoms with E-state index in [2.05, 4.69) is 0 Å². The summed E-state index contributed by atoms with van der Waals surface area (Å²) in [5, 5.41) is 5.42. The van der Waals surface area contributed by atoms with Gasteiger partial charge in [-0.15, -0.1) is 0 Å². The number of fused-ring (bicyclic) bond motifs is 1. The Morgan fingerprint density at radius 3 is 1.94 bits per heavy atom. The van der Waals surface area contributed by atoms with E-state index in [0.717, 1.165) is 6.07 Å². The molecule has 0 heterocycles. The molecule has 0 aliphatic carbocycles. The van der Waals surface area contributed by atoms with Gasteiger partial charge in [0.25, 0.3) is 8.87 Å². The SMILES string of the molecule is Nc1ccc(S(=O)(=O)S(N)(=O)=O)c2ccccc12. The average Bonchev–Trinajstić information content (AvgIpc) is 2.28. The molecule has 0 aromatic heterocycles. The molecule has 0 saturated heterocycles. The number of rotatable bonds is 2. The maximum absolute atomic E-state index is 11.8. The Bertz CT molecular complexity index is 826. The Morgan fingerprint density at radius 2 is 1.39 bits per heavy atom. The first-order valence-electron chi connectivity index (χ1n) is 4.80. The van der Waals surface area contributed by atoms with E-state index in [0.29, 0.717) is 11.1 Å². The first kappa shape index (κ1) is 12.8. The molecule has 0 saturated carbocycles. The fraction of sp³-hybridized carbons (Fsp3) is 0. The minimum atomic E-state index is -4.73. The highest BCUT2D eigenvalue weighted by Crippen LogP contribution is 2.29. The number of nitrogens with two attached hydrogens (primary N) is 2. The van der Waals surface area contributed by atoms with Crippen molar-refractivity contribution in [3.8, 4) is 0 Å². The van der Waals surface area contributed by atoms with Crippen LogP contribution < -0.4 is 10.9 Å². The van der Waals surface area contributed by atoms with Gasteiger partial charge in [0, 0.05) is 16.5 Å². The third-order valence-corrected chi connectivity index (χ3v) is 6.37. The fourth-order valence-electron chi connectivity index (χ4n) is 1.64. The molecule has 0 aliphatic heterocycles. The van der Waals surface area contributed by atoms with Gasteiger partial charge in [-0.1, -0.05) is 24.3 Å². The molecule has 0 unspecified atom stereocenters. The first-order chi connectivity index (χ1) is 8.25. The zero-order chi connectivity index (χ0) is 13.6. The molecule has 2 aromatic carbocycles. The van der Waals surface area contributed by atoms with Crippen LogP contribution in [-0.2, 0) is 17.9 Å². The van der Waals surface area contributed by atoms with Gasteiger partial charge in [-0.05, 0) is 12.1 Å². The Labute approximate surface area is 104 Å². The van der Waals surface area contributed by atoms with Gasteiger partial charge in [0.1, 0.15) is 0 Å². The zero-order valence-electron chi connectivity index (χ0n) is 9.07. The standard InChI is InChI=1S/C10H10N2O4S2/c11-9-5-6-10(17(13,14)18(12,15)16)8-4-2-1-3-7(8)9/h1-6H,11H2,(H2,12,15,16). The molecule has 0 amide bonds. The van der Waals surface area contributed by atoms with Gasteiger partial charge in [-0.3, -0.25) is 0 Å². The van der Waals surface area contributed by atoms with Crippen LogP contribution in [0, 0.1) is 0 Å². The van der Waals surface area contributed by atoms with E-state index in [9.17, 15) is 16.8 Å². The normalized spacial score (nSPS) is 12.7. The molecule has 0 fully saturated rings. The van der Waals surface area contributed by atoms with E-state index < -0.39 is 17.9 Å². The molecule has 6 nitrogen and oxygen atoms in total. The lowest BCUT2D eigenvalue weighted by Gasteiger charge is -2.08. The molecule has 0 spiro atoms. The van der Waals surface area contributed by atoms with Crippen molar-refractivity contribution in [2.45, 2.75) is 4.90 Å². The zero-order valence-corrected chi connectivity index (χ0v) is 10.7. The predicted molar refractivity (Wildman–Crippen MR) is 68.7 cm³/mol. The summed E-state index contributed by atoms with van der Waals surface area (Å²) in [6.45, 7) is 0. The summed E-state index contributed by atoms with van der Waals surface area (Å²) in [4.78, 5) is -0.366. The van der Waals surface area contributed by atoms with Crippen molar-refractivity contribution >= 4 is 34.4 Å². The minimum absolute atomic E-state index is 0.228. The summed E-state index contributed by atoms with van der Waals surface area (Å²) >= 11 is 0. The lowest BCUT2D eigenvalue weighted by molar-refractivity contribution is 0.584. The highest BCUT2D eigenvalue weighted by molar-refractivity contribution is 8.66. The molecule has 2 rings (SSSR count). The van der Waals surface area contributed by atoms with Gasteiger partial charge in [0.05, 0.1) is 4.90 Å².